The molecule has 4 nitrogen and oxygen atoms in total. The molecule has 0 spiro atoms. The van der Waals surface area contributed by atoms with Crippen molar-refractivity contribution < 1.29 is 4.74 Å². The molecule has 0 amide bonds. The average molecular weight is 277 g/mol. The standard InChI is InChI=1S/C16H27N3O/c1-5-19(6-2)16(17)18-11-12-20-15-9-7-14(8-10-15)13(3)4/h7-10,13H,5-6,11-12H2,1-4H3,(H2,17,18). The van der Waals surface area contributed by atoms with Crippen LogP contribution in [0.15, 0.2) is 29.3 Å². The highest BCUT2D eigenvalue weighted by molar-refractivity contribution is 5.77. The Morgan fingerprint density at radius 1 is 1.20 bits per heavy atom. The lowest BCUT2D eigenvalue weighted by Gasteiger charge is -2.19. The van der Waals surface area contributed by atoms with Gasteiger partial charge in [0, 0.05) is 13.1 Å². The Balaban J connectivity index is 2.39. The van der Waals surface area contributed by atoms with Crippen molar-refractivity contribution in [1.29, 1.82) is 0 Å². The fourth-order valence-electron chi connectivity index (χ4n) is 1.92. The largest absolute Gasteiger partial charge is 0.492 e. The first-order chi connectivity index (χ1) is 9.58. The zero-order chi connectivity index (χ0) is 15.0. The van der Waals surface area contributed by atoms with Gasteiger partial charge in [-0.05, 0) is 37.5 Å². The SMILES string of the molecule is CCN(CC)C(N)=NCCOc1ccc(C(C)C)cc1. The topological polar surface area (TPSA) is 50.8 Å². The van der Waals surface area contributed by atoms with E-state index in [2.05, 4.69) is 44.8 Å². The van der Waals surface area contributed by atoms with Gasteiger partial charge in [-0.2, -0.15) is 0 Å². The molecule has 2 N–H and O–H groups in total. The van der Waals surface area contributed by atoms with Crippen molar-refractivity contribution in [1.82, 2.24) is 4.90 Å². The Morgan fingerprint density at radius 2 is 1.80 bits per heavy atom. The molecule has 0 aliphatic rings. The van der Waals surface area contributed by atoms with Crippen molar-refractivity contribution >= 4 is 5.96 Å². The third-order valence-electron chi connectivity index (χ3n) is 3.27. The smallest absolute Gasteiger partial charge is 0.191 e. The van der Waals surface area contributed by atoms with Crippen LogP contribution in [0.1, 0.15) is 39.2 Å². The second kappa shape index (κ2) is 8.46. The van der Waals surface area contributed by atoms with E-state index in [9.17, 15) is 0 Å². The molecule has 0 radical (unpaired) electrons. The first-order valence-electron chi connectivity index (χ1n) is 7.36. The fraction of sp³-hybridized carbons (Fsp3) is 0.562. The number of rotatable bonds is 7. The third-order valence-corrected chi connectivity index (χ3v) is 3.27. The van der Waals surface area contributed by atoms with Gasteiger partial charge in [0.2, 0.25) is 0 Å². The van der Waals surface area contributed by atoms with Gasteiger partial charge in [-0.1, -0.05) is 26.0 Å². The van der Waals surface area contributed by atoms with Crippen molar-refractivity contribution in [2.45, 2.75) is 33.6 Å². The number of aliphatic imine (C=N–C) groups is 1. The van der Waals surface area contributed by atoms with Gasteiger partial charge in [-0.15, -0.1) is 0 Å². The number of nitrogens with two attached hydrogens (primary N) is 1. The van der Waals surface area contributed by atoms with E-state index < -0.39 is 0 Å². The Morgan fingerprint density at radius 3 is 2.30 bits per heavy atom. The molecule has 0 atom stereocenters. The van der Waals surface area contributed by atoms with Gasteiger partial charge in [-0.3, -0.25) is 0 Å². The van der Waals surface area contributed by atoms with E-state index in [-0.39, 0.29) is 0 Å². The maximum absolute atomic E-state index is 5.89. The van der Waals surface area contributed by atoms with Crippen molar-refractivity contribution in [2.24, 2.45) is 10.7 Å². The average Bonchev–Trinajstić information content (AvgIpc) is 2.45. The third kappa shape index (κ3) is 5.11. The van der Waals surface area contributed by atoms with E-state index in [1.54, 1.807) is 0 Å². The van der Waals surface area contributed by atoms with Crippen LogP contribution in [0.5, 0.6) is 5.75 Å². The Kier molecular flexibility index (Phi) is 6.91. The summed E-state index contributed by atoms with van der Waals surface area (Å²) >= 11 is 0. The van der Waals surface area contributed by atoms with E-state index in [1.165, 1.54) is 5.56 Å². The monoisotopic (exact) mass is 277 g/mol. The maximum Gasteiger partial charge on any atom is 0.191 e. The lowest BCUT2D eigenvalue weighted by molar-refractivity contribution is 0.327. The van der Waals surface area contributed by atoms with Crippen LogP contribution in [-0.4, -0.2) is 37.1 Å². The Hall–Kier alpha value is -1.71. The van der Waals surface area contributed by atoms with E-state index in [0.717, 1.165) is 18.8 Å². The maximum atomic E-state index is 5.89. The first kappa shape index (κ1) is 16.3. The number of guanidine groups is 1. The normalized spacial score (nSPS) is 11.8. The Labute approximate surface area is 122 Å². The van der Waals surface area contributed by atoms with Gasteiger partial charge >= 0.3 is 0 Å². The molecule has 0 aliphatic carbocycles. The minimum absolute atomic E-state index is 0.544. The second-order valence-electron chi connectivity index (χ2n) is 4.98. The highest BCUT2D eigenvalue weighted by atomic mass is 16.5. The van der Waals surface area contributed by atoms with Crippen LogP contribution in [0.4, 0.5) is 0 Å². The summed E-state index contributed by atoms with van der Waals surface area (Å²) in [5, 5.41) is 0. The van der Waals surface area contributed by atoms with Crippen LogP contribution in [-0.2, 0) is 0 Å². The van der Waals surface area contributed by atoms with Crippen molar-refractivity contribution in [3.8, 4) is 5.75 Å². The summed E-state index contributed by atoms with van der Waals surface area (Å²) in [6, 6.07) is 8.22. The lowest BCUT2D eigenvalue weighted by Crippen LogP contribution is -2.37. The van der Waals surface area contributed by atoms with Gasteiger partial charge in [0.15, 0.2) is 5.96 Å². The predicted octanol–water partition coefficient (Wildman–Crippen LogP) is 2.85. The van der Waals surface area contributed by atoms with E-state index in [4.69, 9.17) is 10.5 Å². The van der Waals surface area contributed by atoms with E-state index in [1.807, 2.05) is 17.0 Å². The first-order valence-corrected chi connectivity index (χ1v) is 7.36. The van der Waals surface area contributed by atoms with E-state index >= 15 is 0 Å². The molecule has 20 heavy (non-hydrogen) atoms. The van der Waals surface area contributed by atoms with Crippen LogP contribution >= 0.6 is 0 Å². The predicted molar refractivity (Wildman–Crippen MR) is 85.4 cm³/mol. The molecule has 0 bridgehead atoms. The van der Waals surface area contributed by atoms with Crippen LogP contribution in [0.2, 0.25) is 0 Å². The minimum atomic E-state index is 0.544. The summed E-state index contributed by atoms with van der Waals surface area (Å²) in [6.45, 7) is 11.4. The second-order valence-corrected chi connectivity index (χ2v) is 4.98. The van der Waals surface area contributed by atoms with Crippen molar-refractivity contribution in [2.75, 3.05) is 26.2 Å². The molecular weight excluding hydrogens is 250 g/mol. The van der Waals surface area contributed by atoms with Crippen molar-refractivity contribution in [3.63, 3.8) is 0 Å². The summed E-state index contributed by atoms with van der Waals surface area (Å²) in [5.41, 5.74) is 7.21. The number of ether oxygens (including phenoxy) is 1. The lowest BCUT2D eigenvalue weighted by atomic mass is 10.0. The van der Waals surface area contributed by atoms with Crippen LogP contribution < -0.4 is 10.5 Å². The summed E-state index contributed by atoms with van der Waals surface area (Å²) in [7, 11) is 0. The van der Waals surface area contributed by atoms with Crippen LogP contribution in [0.3, 0.4) is 0 Å². The van der Waals surface area contributed by atoms with Gasteiger partial charge in [-0.25, -0.2) is 4.99 Å². The molecule has 0 unspecified atom stereocenters. The molecule has 112 valence electrons. The van der Waals surface area contributed by atoms with Crippen LogP contribution in [0.25, 0.3) is 0 Å². The number of hydrogen-bond acceptors (Lipinski definition) is 2. The van der Waals surface area contributed by atoms with Gasteiger partial charge in [0.25, 0.3) is 0 Å². The number of benzene rings is 1. The molecule has 1 aromatic carbocycles. The summed E-state index contributed by atoms with van der Waals surface area (Å²) in [6.07, 6.45) is 0. The minimum Gasteiger partial charge on any atom is -0.492 e. The molecule has 0 saturated heterocycles. The number of hydrogen-bond donors (Lipinski definition) is 1. The molecule has 0 aliphatic heterocycles. The Bertz CT molecular complexity index is 408. The molecule has 1 aromatic rings. The van der Waals surface area contributed by atoms with Crippen molar-refractivity contribution in [3.05, 3.63) is 29.8 Å². The quantitative estimate of drug-likeness (QED) is 0.473. The summed E-state index contributed by atoms with van der Waals surface area (Å²) in [5.74, 6) is 2.02. The molecule has 0 aromatic heterocycles. The summed E-state index contributed by atoms with van der Waals surface area (Å²) in [4.78, 5) is 6.35. The van der Waals surface area contributed by atoms with E-state index in [0.29, 0.717) is 25.0 Å². The molecule has 0 saturated carbocycles. The zero-order valence-corrected chi connectivity index (χ0v) is 13.1. The summed E-state index contributed by atoms with van der Waals surface area (Å²) < 4.78 is 5.66. The zero-order valence-electron chi connectivity index (χ0n) is 13.1. The highest BCUT2D eigenvalue weighted by Crippen LogP contribution is 2.18. The molecular formula is C16H27N3O. The molecule has 1 rings (SSSR count). The van der Waals surface area contributed by atoms with Gasteiger partial charge in [0.05, 0.1) is 6.54 Å². The van der Waals surface area contributed by atoms with Gasteiger partial charge in [0.1, 0.15) is 12.4 Å². The number of nitrogens with zero attached hydrogens (tertiary/aromatic N) is 2. The fourth-order valence-corrected chi connectivity index (χ4v) is 1.92. The van der Waals surface area contributed by atoms with Crippen LogP contribution in [0, 0.1) is 0 Å². The molecule has 0 fully saturated rings. The molecule has 0 heterocycles. The van der Waals surface area contributed by atoms with Gasteiger partial charge < -0.3 is 15.4 Å². The molecule has 4 heteroatoms. The highest BCUT2D eigenvalue weighted by Gasteiger charge is 2.02.